The van der Waals surface area contributed by atoms with E-state index in [9.17, 15) is 13.8 Å². The Morgan fingerprint density at radius 2 is 1.92 bits per heavy atom. The molecule has 0 saturated heterocycles. The Morgan fingerprint density at radius 1 is 1.16 bits per heavy atom. The summed E-state index contributed by atoms with van der Waals surface area (Å²) in [6.45, 7) is 0.0350. The quantitative estimate of drug-likeness (QED) is 0.734. The van der Waals surface area contributed by atoms with Gasteiger partial charge in [0.1, 0.15) is 6.54 Å². The average Bonchev–Trinajstić information content (AvgIpc) is 2.94. The van der Waals surface area contributed by atoms with Gasteiger partial charge in [0.05, 0.1) is 5.56 Å². The van der Waals surface area contributed by atoms with E-state index < -0.39 is 16.7 Å². The first-order valence-electron chi connectivity index (χ1n) is 7.56. The van der Waals surface area contributed by atoms with Crippen molar-refractivity contribution in [2.45, 2.75) is 11.4 Å². The number of primary amides is 1. The number of carbonyl (C=O) groups is 2. The zero-order valence-electron chi connectivity index (χ0n) is 13.6. The maximum Gasteiger partial charge on any atom is 0.250 e. The smallest absolute Gasteiger partial charge is 0.250 e. The Kier molecular flexibility index (Phi) is 4.67. The average molecular weight is 355 g/mol. The fourth-order valence-corrected chi connectivity index (χ4v) is 3.24. The summed E-state index contributed by atoms with van der Waals surface area (Å²) in [4.78, 5) is 24.6. The number of fused-ring (bicyclic) bond motifs is 1. The molecular formula is C18H17N3O3S. The Hall–Kier alpha value is -2.93. The van der Waals surface area contributed by atoms with Crippen molar-refractivity contribution in [1.29, 1.82) is 0 Å². The molecule has 1 aromatic heterocycles. The van der Waals surface area contributed by atoms with Crippen LogP contribution in [-0.2, 0) is 22.1 Å². The largest absolute Gasteiger partial charge is 0.366 e. The van der Waals surface area contributed by atoms with Gasteiger partial charge in [0.2, 0.25) is 5.91 Å². The van der Waals surface area contributed by atoms with Crippen LogP contribution < -0.4 is 11.1 Å². The Bertz CT molecular complexity index is 994. The molecule has 0 saturated carbocycles. The third-order valence-corrected chi connectivity index (χ3v) is 4.74. The summed E-state index contributed by atoms with van der Waals surface area (Å²) in [6, 6.07) is 14.2. The van der Waals surface area contributed by atoms with Crippen molar-refractivity contribution < 1.29 is 13.8 Å². The molecule has 128 valence electrons. The van der Waals surface area contributed by atoms with Gasteiger partial charge in [0.15, 0.2) is 0 Å². The van der Waals surface area contributed by atoms with E-state index in [0.717, 1.165) is 5.52 Å². The molecule has 0 radical (unpaired) electrons. The Labute approximate surface area is 147 Å². The van der Waals surface area contributed by atoms with Crippen molar-refractivity contribution in [3.63, 3.8) is 0 Å². The van der Waals surface area contributed by atoms with Crippen LogP contribution in [0, 0.1) is 0 Å². The number of nitrogens with two attached hydrogens (primary N) is 1. The van der Waals surface area contributed by atoms with E-state index in [4.69, 9.17) is 5.73 Å². The van der Waals surface area contributed by atoms with Gasteiger partial charge in [-0.3, -0.25) is 13.8 Å². The van der Waals surface area contributed by atoms with Crippen molar-refractivity contribution in [2.24, 2.45) is 5.73 Å². The molecule has 1 unspecified atom stereocenters. The van der Waals surface area contributed by atoms with Gasteiger partial charge in [-0.1, -0.05) is 24.3 Å². The number of anilines is 1. The highest BCUT2D eigenvalue weighted by molar-refractivity contribution is 7.84. The number of nitrogens with zero attached hydrogens (tertiary/aromatic N) is 1. The lowest BCUT2D eigenvalue weighted by Gasteiger charge is -2.08. The maximum atomic E-state index is 12.4. The van der Waals surface area contributed by atoms with E-state index in [0.29, 0.717) is 21.5 Å². The van der Waals surface area contributed by atoms with Crippen LogP contribution in [0.15, 0.2) is 59.6 Å². The van der Waals surface area contributed by atoms with E-state index in [1.54, 1.807) is 47.4 Å². The summed E-state index contributed by atoms with van der Waals surface area (Å²) in [5, 5.41) is 3.49. The zero-order chi connectivity index (χ0) is 18.0. The van der Waals surface area contributed by atoms with Gasteiger partial charge < -0.3 is 15.6 Å². The molecule has 0 aliphatic rings. The summed E-state index contributed by atoms with van der Waals surface area (Å²) >= 11 is 0. The number of carbonyl (C=O) groups excluding carboxylic acids is 2. The molecule has 3 aromatic rings. The van der Waals surface area contributed by atoms with Gasteiger partial charge in [-0.15, -0.1) is 0 Å². The predicted molar refractivity (Wildman–Crippen MR) is 97.9 cm³/mol. The Balaban J connectivity index is 1.84. The van der Waals surface area contributed by atoms with E-state index in [2.05, 4.69) is 5.32 Å². The minimum atomic E-state index is -1.12. The lowest BCUT2D eigenvalue weighted by Crippen LogP contribution is -2.18. The van der Waals surface area contributed by atoms with Crippen LogP contribution in [0.2, 0.25) is 0 Å². The number of aromatic nitrogens is 1. The van der Waals surface area contributed by atoms with Gasteiger partial charge >= 0.3 is 0 Å². The van der Waals surface area contributed by atoms with Crippen molar-refractivity contribution in [2.75, 3.05) is 11.6 Å². The van der Waals surface area contributed by atoms with Crippen LogP contribution in [-0.4, -0.2) is 26.8 Å². The van der Waals surface area contributed by atoms with Gasteiger partial charge in [-0.2, -0.15) is 0 Å². The molecule has 3 rings (SSSR count). The van der Waals surface area contributed by atoms with Crippen molar-refractivity contribution in [1.82, 2.24) is 4.57 Å². The number of amides is 2. The monoisotopic (exact) mass is 355 g/mol. The summed E-state index contributed by atoms with van der Waals surface area (Å²) in [5.74, 6) is -0.788. The van der Waals surface area contributed by atoms with Gasteiger partial charge in [-0.25, -0.2) is 0 Å². The first-order valence-corrected chi connectivity index (χ1v) is 9.12. The second kappa shape index (κ2) is 6.90. The lowest BCUT2D eigenvalue weighted by atomic mass is 10.2. The van der Waals surface area contributed by atoms with Crippen LogP contribution in [0.1, 0.15) is 10.4 Å². The number of para-hydroxylation sites is 1. The first-order chi connectivity index (χ1) is 12.0. The zero-order valence-corrected chi connectivity index (χ0v) is 14.4. The first kappa shape index (κ1) is 16.9. The number of rotatable bonds is 5. The summed E-state index contributed by atoms with van der Waals surface area (Å²) in [7, 11) is -1.12. The third-order valence-electron chi connectivity index (χ3n) is 3.82. The highest BCUT2D eigenvalue weighted by Gasteiger charge is 2.14. The van der Waals surface area contributed by atoms with E-state index in [-0.39, 0.29) is 12.5 Å². The molecule has 0 spiro atoms. The number of hydrogen-bond donors (Lipinski definition) is 2. The SMILES string of the molecule is CS(=O)c1cccc(NC(=O)Cn2cc(C(N)=O)c3ccccc32)c1. The van der Waals surface area contributed by atoms with E-state index in [1.165, 1.54) is 0 Å². The molecule has 0 aliphatic carbocycles. The predicted octanol–water partition coefficient (Wildman–Crippen LogP) is 2.12. The van der Waals surface area contributed by atoms with Crippen LogP contribution in [0.4, 0.5) is 5.69 Å². The second-order valence-electron chi connectivity index (χ2n) is 5.58. The van der Waals surface area contributed by atoms with Gasteiger partial charge in [0.25, 0.3) is 5.91 Å². The molecule has 0 fully saturated rings. The normalized spacial score (nSPS) is 12.0. The second-order valence-corrected chi connectivity index (χ2v) is 6.96. The van der Waals surface area contributed by atoms with Gasteiger partial charge in [-0.05, 0) is 24.3 Å². The highest BCUT2D eigenvalue weighted by Crippen LogP contribution is 2.21. The molecule has 3 N–H and O–H groups in total. The summed E-state index contributed by atoms with van der Waals surface area (Å²) in [5.41, 5.74) is 7.12. The molecule has 2 amide bonds. The lowest BCUT2D eigenvalue weighted by molar-refractivity contribution is -0.116. The molecular weight excluding hydrogens is 338 g/mol. The van der Waals surface area contributed by atoms with Crippen molar-refractivity contribution >= 4 is 39.2 Å². The maximum absolute atomic E-state index is 12.4. The van der Waals surface area contributed by atoms with Crippen LogP contribution >= 0.6 is 0 Å². The molecule has 7 heteroatoms. The fraction of sp³-hybridized carbons (Fsp3) is 0.111. The molecule has 1 atom stereocenters. The molecule has 2 aromatic carbocycles. The fourth-order valence-electron chi connectivity index (χ4n) is 2.68. The third kappa shape index (κ3) is 3.61. The summed E-state index contributed by atoms with van der Waals surface area (Å²) < 4.78 is 13.2. The van der Waals surface area contributed by atoms with E-state index in [1.807, 2.05) is 18.2 Å². The van der Waals surface area contributed by atoms with Crippen LogP contribution in [0.5, 0.6) is 0 Å². The topological polar surface area (TPSA) is 94.2 Å². The minimum absolute atomic E-state index is 0.0350. The Morgan fingerprint density at radius 3 is 2.64 bits per heavy atom. The number of nitrogens with one attached hydrogen (secondary N) is 1. The van der Waals surface area contributed by atoms with Crippen LogP contribution in [0.25, 0.3) is 10.9 Å². The molecule has 25 heavy (non-hydrogen) atoms. The highest BCUT2D eigenvalue weighted by atomic mass is 32.2. The standard InChI is InChI=1S/C18H17N3O3S/c1-25(24)13-6-4-5-12(9-13)20-17(22)11-21-10-15(18(19)23)14-7-2-3-8-16(14)21/h2-10H,11H2,1H3,(H2,19,23)(H,20,22). The number of benzene rings is 2. The molecule has 0 aliphatic heterocycles. The van der Waals surface area contributed by atoms with Crippen molar-refractivity contribution in [3.05, 3.63) is 60.3 Å². The molecule has 6 nitrogen and oxygen atoms in total. The number of hydrogen-bond acceptors (Lipinski definition) is 3. The van der Waals surface area contributed by atoms with Gasteiger partial charge in [0, 0.05) is 44.7 Å². The van der Waals surface area contributed by atoms with Crippen LogP contribution in [0.3, 0.4) is 0 Å². The minimum Gasteiger partial charge on any atom is -0.366 e. The molecule has 1 heterocycles. The van der Waals surface area contributed by atoms with Crippen molar-refractivity contribution in [3.8, 4) is 0 Å². The molecule has 0 bridgehead atoms. The summed E-state index contributed by atoms with van der Waals surface area (Å²) in [6.07, 6.45) is 3.17. The van der Waals surface area contributed by atoms with E-state index >= 15 is 0 Å².